The monoisotopic (exact) mass is 547 g/mol. The summed E-state index contributed by atoms with van der Waals surface area (Å²) < 4.78 is 26.1. The maximum atomic E-state index is 13.5. The molecule has 0 aliphatic heterocycles. The highest BCUT2D eigenvalue weighted by molar-refractivity contribution is 7.92. The molecule has 0 heterocycles. The topological polar surface area (TPSA) is 86.8 Å². The fourth-order valence-corrected chi connectivity index (χ4v) is 4.66. The average Bonchev–Trinajstić information content (AvgIpc) is 2.76. The molecule has 34 heavy (non-hydrogen) atoms. The second-order valence-electron chi connectivity index (χ2n) is 8.01. The molecule has 2 atom stereocenters. The van der Waals surface area contributed by atoms with Gasteiger partial charge in [0.05, 0.1) is 17.0 Å². The summed E-state index contributed by atoms with van der Waals surface area (Å²) in [6.07, 6.45) is 1.70. The van der Waals surface area contributed by atoms with Gasteiger partial charge in [-0.05, 0) is 56.2 Å². The molecule has 7 nitrogen and oxygen atoms in total. The Hall–Kier alpha value is -2.00. The number of nitrogens with zero attached hydrogens (tertiary/aromatic N) is 2. The van der Waals surface area contributed by atoms with Crippen molar-refractivity contribution in [2.75, 3.05) is 17.1 Å². The Kier molecular flexibility index (Phi) is 10.1. The molecule has 0 aromatic heterocycles. The van der Waals surface area contributed by atoms with E-state index in [0.29, 0.717) is 10.0 Å². The van der Waals surface area contributed by atoms with Gasteiger partial charge in [0.2, 0.25) is 21.8 Å². The predicted octanol–water partition coefficient (Wildman–Crippen LogP) is 4.74. The van der Waals surface area contributed by atoms with Gasteiger partial charge in [0.15, 0.2) is 0 Å². The van der Waals surface area contributed by atoms with Crippen LogP contribution < -0.4 is 9.62 Å². The van der Waals surface area contributed by atoms with Crippen molar-refractivity contribution >= 4 is 62.3 Å². The largest absolute Gasteiger partial charge is 0.352 e. The van der Waals surface area contributed by atoms with E-state index in [1.54, 1.807) is 31.2 Å². The van der Waals surface area contributed by atoms with Gasteiger partial charge in [0, 0.05) is 22.6 Å². The van der Waals surface area contributed by atoms with E-state index in [4.69, 9.17) is 34.8 Å². The molecule has 2 amide bonds. The molecule has 0 saturated heterocycles. The lowest BCUT2D eigenvalue weighted by atomic mass is 10.1. The van der Waals surface area contributed by atoms with Crippen LogP contribution in [0.5, 0.6) is 0 Å². The van der Waals surface area contributed by atoms with Crippen molar-refractivity contribution in [1.29, 1.82) is 0 Å². The van der Waals surface area contributed by atoms with Crippen molar-refractivity contribution in [1.82, 2.24) is 10.2 Å². The third-order valence-electron chi connectivity index (χ3n) is 5.29. The Morgan fingerprint density at radius 1 is 1.00 bits per heavy atom. The molecule has 1 N–H and O–H groups in total. The smallest absolute Gasteiger partial charge is 0.244 e. The summed E-state index contributed by atoms with van der Waals surface area (Å²) in [5.74, 6) is -0.912. The number of anilines is 1. The van der Waals surface area contributed by atoms with Crippen LogP contribution in [0.25, 0.3) is 0 Å². The van der Waals surface area contributed by atoms with Crippen LogP contribution in [-0.2, 0) is 26.2 Å². The molecule has 11 heteroatoms. The van der Waals surface area contributed by atoms with Crippen LogP contribution in [0.4, 0.5) is 5.69 Å². The van der Waals surface area contributed by atoms with Crippen molar-refractivity contribution in [2.24, 2.45) is 0 Å². The minimum Gasteiger partial charge on any atom is -0.352 e. The number of sulfonamides is 1. The van der Waals surface area contributed by atoms with Crippen molar-refractivity contribution in [3.8, 4) is 0 Å². The molecule has 0 radical (unpaired) electrons. The van der Waals surface area contributed by atoms with Crippen LogP contribution >= 0.6 is 34.8 Å². The van der Waals surface area contributed by atoms with Gasteiger partial charge in [0.25, 0.3) is 0 Å². The van der Waals surface area contributed by atoms with E-state index in [-0.39, 0.29) is 29.2 Å². The average molecular weight is 549 g/mol. The quantitative estimate of drug-likeness (QED) is 0.464. The maximum Gasteiger partial charge on any atom is 0.244 e. The molecular formula is C23H28Cl3N3O4S. The van der Waals surface area contributed by atoms with Gasteiger partial charge in [-0.25, -0.2) is 8.42 Å². The highest BCUT2D eigenvalue weighted by Crippen LogP contribution is 2.30. The van der Waals surface area contributed by atoms with Gasteiger partial charge in [-0.3, -0.25) is 13.9 Å². The minimum absolute atomic E-state index is 0.0804. The molecule has 2 rings (SSSR count). The van der Waals surface area contributed by atoms with Gasteiger partial charge in [-0.2, -0.15) is 0 Å². The number of nitrogens with one attached hydrogen (secondary N) is 1. The zero-order valence-corrected chi connectivity index (χ0v) is 22.5. The highest BCUT2D eigenvalue weighted by atomic mass is 35.5. The number of amides is 2. The van der Waals surface area contributed by atoms with E-state index < -0.39 is 28.5 Å². The summed E-state index contributed by atoms with van der Waals surface area (Å²) in [5, 5.41) is 3.81. The predicted molar refractivity (Wildman–Crippen MR) is 138 cm³/mol. The van der Waals surface area contributed by atoms with Gasteiger partial charge in [0.1, 0.15) is 12.6 Å². The second kappa shape index (κ2) is 12.1. The molecule has 186 valence electrons. The molecule has 2 aromatic rings. The molecular weight excluding hydrogens is 521 g/mol. The summed E-state index contributed by atoms with van der Waals surface area (Å²) in [6.45, 7) is 4.94. The van der Waals surface area contributed by atoms with Crippen molar-refractivity contribution in [3.05, 3.63) is 63.1 Å². The zero-order valence-electron chi connectivity index (χ0n) is 19.4. The summed E-state index contributed by atoms with van der Waals surface area (Å²) in [4.78, 5) is 27.7. The first-order valence-corrected chi connectivity index (χ1v) is 13.6. The van der Waals surface area contributed by atoms with Gasteiger partial charge in [-0.1, -0.05) is 53.9 Å². The molecule has 0 aliphatic carbocycles. The fraction of sp³-hybridized carbons (Fsp3) is 0.391. The van der Waals surface area contributed by atoms with Crippen molar-refractivity contribution in [2.45, 2.75) is 45.8 Å². The van der Waals surface area contributed by atoms with Crippen LogP contribution in [0.1, 0.15) is 32.8 Å². The summed E-state index contributed by atoms with van der Waals surface area (Å²) in [5.41, 5.74) is 0.849. The first-order chi connectivity index (χ1) is 15.8. The molecule has 0 saturated carbocycles. The Morgan fingerprint density at radius 2 is 1.59 bits per heavy atom. The van der Waals surface area contributed by atoms with E-state index in [1.807, 2.05) is 13.8 Å². The second-order valence-corrected chi connectivity index (χ2v) is 11.2. The first-order valence-electron chi connectivity index (χ1n) is 10.6. The van der Waals surface area contributed by atoms with Crippen LogP contribution in [0.15, 0.2) is 42.5 Å². The van der Waals surface area contributed by atoms with E-state index in [2.05, 4.69) is 5.32 Å². The summed E-state index contributed by atoms with van der Waals surface area (Å²) in [6, 6.07) is 10.2. The fourth-order valence-electron chi connectivity index (χ4n) is 3.11. The maximum absolute atomic E-state index is 13.5. The number of hydrogen-bond donors (Lipinski definition) is 1. The number of rotatable bonds is 10. The number of carbonyl (C=O) groups is 2. The van der Waals surface area contributed by atoms with Gasteiger partial charge < -0.3 is 10.2 Å². The lowest BCUT2D eigenvalue weighted by molar-refractivity contribution is -0.139. The normalized spacial score (nSPS) is 13.1. The number of hydrogen-bond acceptors (Lipinski definition) is 4. The van der Waals surface area contributed by atoms with Gasteiger partial charge in [-0.15, -0.1) is 0 Å². The van der Waals surface area contributed by atoms with Crippen LogP contribution in [0.2, 0.25) is 15.1 Å². The van der Waals surface area contributed by atoms with E-state index in [0.717, 1.165) is 22.5 Å². The van der Waals surface area contributed by atoms with Crippen LogP contribution in [0, 0.1) is 0 Å². The zero-order chi connectivity index (χ0) is 25.6. The lowest BCUT2D eigenvalue weighted by Gasteiger charge is -2.32. The van der Waals surface area contributed by atoms with Crippen LogP contribution in [0.3, 0.4) is 0 Å². The first kappa shape index (κ1) is 28.2. The third-order valence-corrected chi connectivity index (χ3v) is 7.21. The third kappa shape index (κ3) is 7.77. The van der Waals surface area contributed by atoms with Crippen molar-refractivity contribution < 1.29 is 18.0 Å². The molecule has 0 aliphatic rings. The summed E-state index contributed by atoms with van der Waals surface area (Å²) in [7, 11) is -3.89. The molecule has 0 unspecified atom stereocenters. The lowest BCUT2D eigenvalue weighted by Crippen LogP contribution is -2.52. The summed E-state index contributed by atoms with van der Waals surface area (Å²) >= 11 is 18.1. The van der Waals surface area contributed by atoms with Crippen molar-refractivity contribution in [3.63, 3.8) is 0 Å². The number of benzene rings is 2. The van der Waals surface area contributed by atoms with E-state index >= 15 is 0 Å². The Labute approximate surface area is 216 Å². The minimum atomic E-state index is -3.89. The highest BCUT2D eigenvalue weighted by Gasteiger charge is 2.31. The molecule has 0 bridgehead atoms. The van der Waals surface area contributed by atoms with E-state index in [1.165, 1.54) is 23.1 Å². The Morgan fingerprint density at radius 3 is 2.12 bits per heavy atom. The van der Waals surface area contributed by atoms with Crippen LogP contribution in [-0.4, -0.2) is 50.0 Å². The molecule has 2 aromatic carbocycles. The van der Waals surface area contributed by atoms with E-state index in [9.17, 15) is 18.0 Å². The Bertz CT molecular complexity index is 1130. The Balaban J connectivity index is 2.41. The molecule has 0 fully saturated rings. The SMILES string of the molecule is CC[C@H](C)NC(=O)[C@H](C)N(Cc1ccc(Cl)cc1)C(=O)CN(c1ccc(Cl)cc1Cl)S(C)(=O)=O. The number of carbonyl (C=O) groups excluding carboxylic acids is 2. The van der Waals surface area contributed by atoms with Gasteiger partial charge >= 0.3 is 0 Å². The number of halogens is 3. The molecule has 0 spiro atoms. The standard InChI is InChI=1S/C23H28Cl3N3O4S/c1-5-15(2)27-23(31)16(3)28(13-17-6-8-18(24)9-7-17)22(30)14-29(34(4,32)33)21-11-10-19(25)12-20(21)26/h6-12,15-16H,5,13-14H2,1-4H3,(H,27,31)/t15-,16-/m0/s1.